The van der Waals surface area contributed by atoms with Crippen molar-refractivity contribution < 1.29 is 14.6 Å². The van der Waals surface area contributed by atoms with Gasteiger partial charge in [0, 0.05) is 23.8 Å². The molecule has 1 aromatic heterocycles. The number of hydrogen-bond acceptors (Lipinski definition) is 8. The number of benzene rings is 1. The third-order valence-electron chi connectivity index (χ3n) is 2.77. The van der Waals surface area contributed by atoms with Crippen molar-refractivity contribution in [3.63, 3.8) is 0 Å². The van der Waals surface area contributed by atoms with Crippen LogP contribution in [-0.2, 0) is 0 Å². The van der Waals surface area contributed by atoms with Gasteiger partial charge in [0.05, 0.1) is 23.2 Å². The number of nitrogens with one attached hydrogen (secondary N) is 1. The third-order valence-corrected chi connectivity index (χ3v) is 2.77. The van der Waals surface area contributed by atoms with Gasteiger partial charge in [-0.15, -0.1) is 0 Å². The minimum Gasteiger partial charge on any atom is -0.496 e. The molecular formula is C13H11N5O5. The van der Waals surface area contributed by atoms with E-state index in [2.05, 4.69) is 15.5 Å². The van der Waals surface area contributed by atoms with E-state index in [-0.39, 0.29) is 17.2 Å². The monoisotopic (exact) mass is 317 g/mol. The van der Waals surface area contributed by atoms with Crippen molar-refractivity contribution in [1.82, 2.24) is 4.98 Å². The molecule has 0 saturated heterocycles. The van der Waals surface area contributed by atoms with E-state index in [0.717, 1.165) is 6.20 Å². The summed E-state index contributed by atoms with van der Waals surface area (Å²) in [5.41, 5.74) is 2.73. The summed E-state index contributed by atoms with van der Waals surface area (Å²) in [6, 6.07) is 6.76. The van der Waals surface area contributed by atoms with Gasteiger partial charge in [0.2, 0.25) is 0 Å². The lowest BCUT2D eigenvalue weighted by atomic mass is 10.2. The maximum atomic E-state index is 10.8. The molecule has 0 aliphatic heterocycles. The van der Waals surface area contributed by atoms with E-state index < -0.39 is 9.85 Å². The van der Waals surface area contributed by atoms with Crippen molar-refractivity contribution in [3.8, 4) is 5.75 Å². The molecule has 0 aliphatic carbocycles. The fourth-order valence-corrected chi connectivity index (χ4v) is 1.66. The highest BCUT2D eigenvalue weighted by molar-refractivity contribution is 5.85. The summed E-state index contributed by atoms with van der Waals surface area (Å²) in [4.78, 5) is 24.0. The van der Waals surface area contributed by atoms with Gasteiger partial charge in [-0.2, -0.15) is 5.10 Å². The van der Waals surface area contributed by atoms with Gasteiger partial charge in [0.15, 0.2) is 0 Å². The normalized spacial score (nSPS) is 10.5. The largest absolute Gasteiger partial charge is 0.496 e. The van der Waals surface area contributed by atoms with Crippen LogP contribution in [0.3, 0.4) is 0 Å². The van der Waals surface area contributed by atoms with Gasteiger partial charge in [-0.25, -0.2) is 4.98 Å². The van der Waals surface area contributed by atoms with Crippen LogP contribution in [0.15, 0.2) is 41.6 Å². The van der Waals surface area contributed by atoms with E-state index >= 15 is 0 Å². The van der Waals surface area contributed by atoms with Crippen molar-refractivity contribution >= 4 is 23.4 Å². The van der Waals surface area contributed by atoms with Crippen LogP contribution < -0.4 is 10.2 Å². The van der Waals surface area contributed by atoms with Crippen LogP contribution in [0.25, 0.3) is 0 Å². The molecular weight excluding hydrogens is 306 g/mol. The number of pyridine rings is 1. The van der Waals surface area contributed by atoms with Crippen LogP contribution in [0.1, 0.15) is 5.56 Å². The van der Waals surface area contributed by atoms with E-state index in [4.69, 9.17) is 4.74 Å². The molecule has 118 valence electrons. The van der Waals surface area contributed by atoms with Crippen molar-refractivity contribution in [2.45, 2.75) is 0 Å². The average molecular weight is 317 g/mol. The first-order valence-corrected chi connectivity index (χ1v) is 6.23. The summed E-state index contributed by atoms with van der Waals surface area (Å²) in [6.45, 7) is 0. The molecule has 0 bridgehead atoms. The zero-order valence-corrected chi connectivity index (χ0v) is 11.9. The number of non-ortho nitro benzene ring substituents is 1. The Morgan fingerprint density at radius 1 is 1.17 bits per heavy atom. The number of methoxy groups -OCH3 is 1. The van der Waals surface area contributed by atoms with Gasteiger partial charge in [0.25, 0.3) is 11.4 Å². The third kappa shape index (κ3) is 3.97. The Kier molecular flexibility index (Phi) is 4.77. The van der Waals surface area contributed by atoms with Gasteiger partial charge in [-0.3, -0.25) is 25.7 Å². The predicted octanol–water partition coefficient (Wildman–Crippen LogP) is 2.35. The molecule has 10 heteroatoms. The van der Waals surface area contributed by atoms with E-state index in [1.165, 1.54) is 43.7 Å². The minimum atomic E-state index is -0.561. The molecule has 0 amide bonds. The van der Waals surface area contributed by atoms with Gasteiger partial charge in [-0.05, 0) is 12.1 Å². The lowest BCUT2D eigenvalue weighted by Crippen LogP contribution is -1.97. The van der Waals surface area contributed by atoms with Crippen molar-refractivity contribution in [1.29, 1.82) is 0 Å². The fraction of sp³-hybridized carbons (Fsp3) is 0.0769. The SMILES string of the molecule is COc1ccc([N+](=O)[O-])cc1/C=N/Nc1ccc([N+](=O)[O-])cn1. The number of nitro benzene ring substituents is 1. The Morgan fingerprint density at radius 3 is 2.43 bits per heavy atom. The standard InChI is InChI=1S/C13H11N5O5/c1-23-12-4-2-10(17(19)20)6-9(12)7-15-16-13-5-3-11(8-14-13)18(21)22/h2-8H,1H3,(H,14,16)/b15-7+. The lowest BCUT2D eigenvalue weighted by Gasteiger charge is -2.04. The molecule has 0 saturated carbocycles. The minimum absolute atomic E-state index is 0.0966. The zero-order chi connectivity index (χ0) is 16.8. The molecule has 10 nitrogen and oxygen atoms in total. The van der Waals surface area contributed by atoms with Crippen LogP contribution in [0.2, 0.25) is 0 Å². The molecule has 0 aliphatic rings. The number of aromatic nitrogens is 1. The maximum absolute atomic E-state index is 10.8. The molecule has 0 fully saturated rings. The van der Waals surface area contributed by atoms with Crippen LogP contribution in [0, 0.1) is 20.2 Å². The quantitative estimate of drug-likeness (QED) is 0.491. The number of hydrazone groups is 1. The fourth-order valence-electron chi connectivity index (χ4n) is 1.66. The Balaban J connectivity index is 2.14. The first-order chi connectivity index (χ1) is 11.0. The maximum Gasteiger partial charge on any atom is 0.287 e. The molecule has 1 heterocycles. The van der Waals surface area contributed by atoms with Crippen molar-refractivity contribution in [2.24, 2.45) is 5.10 Å². The highest BCUT2D eigenvalue weighted by Crippen LogP contribution is 2.22. The summed E-state index contributed by atoms with van der Waals surface area (Å²) < 4.78 is 5.09. The number of nitro groups is 2. The summed E-state index contributed by atoms with van der Waals surface area (Å²) in [6.07, 6.45) is 2.42. The van der Waals surface area contributed by atoms with Gasteiger partial charge >= 0.3 is 0 Å². The van der Waals surface area contributed by atoms with E-state index in [0.29, 0.717) is 11.3 Å². The van der Waals surface area contributed by atoms with Crippen molar-refractivity contribution in [3.05, 3.63) is 62.3 Å². The molecule has 2 rings (SSSR count). The molecule has 0 unspecified atom stereocenters. The second-order valence-electron chi connectivity index (χ2n) is 4.21. The van der Waals surface area contributed by atoms with Crippen LogP contribution in [-0.4, -0.2) is 28.2 Å². The summed E-state index contributed by atoms with van der Waals surface area (Å²) >= 11 is 0. The van der Waals surface area contributed by atoms with Crippen LogP contribution in [0.5, 0.6) is 5.75 Å². The second-order valence-corrected chi connectivity index (χ2v) is 4.21. The smallest absolute Gasteiger partial charge is 0.287 e. The summed E-state index contributed by atoms with van der Waals surface area (Å²) in [5, 5.41) is 25.2. The summed E-state index contributed by atoms with van der Waals surface area (Å²) in [7, 11) is 1.43. The van der Waals surface area contributed by atoms with Gasteiger partial charge in [0.1, 0.15) is 17.8 Å². The Labute approximate surface area is 129 Å². The molecule has 0 radical (unpaired) electrons. The molecule has 0 spiro atoms. The van der Waals surface area contributed by atoms with Crippen LogP contribution >= 0.6 is 0 Å². The Hall–Kier alpha value is -3.56. The van der Waals surface area contributed by atoms with Gasteiger partial charge < -0.3 is 4.74 Å². The highest BCUT2D eigenvalue weighted by atomic mass is 16.6. The number of nitrogens with zero attached hydrogens (tertiary/aromatic N) is 4. The molecule has 2 aromatic rings. The number of anilines is 1. The molecule has 1 N–H and O–H groups in total. The summed E-state index contributed by atoms with van der Waals surface area (Å²) in [5.74, 6) is 0.703. The Bertz CT molecular complexity index is 760. The topological polar surface area (TPSA) is 133 Å². The molecule has 1 aromatic carbocycles. The first-order valence-electron chi connectivity index (χ1n) is 6.23. The van der Waals surface area contributed by atoms with Gasteiger partial charge in [-0.1, -0.05) is 0 Å². The van der Waals surface area contributed by atoms with E-state index in [1.54, 1.807) is 0 Å². The molecule has 0 atom stereocenters. The van der Waals surface area contributed by atoms with E-state index in [9.17, 15) is 20.2 Å². The number of ether oxygens (including phenoxy) is 1. The van der Waals surface area contributed by atoms with Crippen molar-refractivity contribution in [2.75, 3.05) is 12.5 Å². The van der Waals surface area contributed by atoms with E-state index in [1.807, 2.05) is 0 Å². The van der Waals surface area contributed by atoms with Crippen LogP contribution in [0.4, 0.5) is 17.2 Å². The zero-order valence-electron chi connectivity index (χ0n) is 11.9. The molecule has 23 heavy (non-hydrogen) atoms. The lowest BCUT2D eigenvalue weighted by molar-refractivity contribution is -0.385. The highest BCUT2D eigenvalue weighted by Gasteiger charge is 2.10. The Morgan fingerprint density at radius 2 is 1.87 bits per heavy atom. The average Bonchev–Trinajstić information content (AvgIpc) is 2.55. The first kappa shape index (κ1) is 15.8. The number of hydrogen-bond donors (Lipinski definition) is 1. The predicted molar refractivity (Wildman–Crippen MR) is 81.8 cm³/mol. The number of rotatable bonds is 6. The second kappa shape index (κ2) is 6.93.